The van der Waals surface area contributed by atoms with E-state index in [1.807, 2.05) is 98.5 Å². The smallest absolute Gasteiger partial charge is 0.411 e. The van der Waals surface area contributed by atoms with Crippen LogP contribution in [0.4, 0.5) is 4.79 Å². The van der Waals surface area contributed by atoms with Gasteiger partial charge in [0.2, 0.25) is 12.0 Å². The van der Waals surface area contributed by atoms with E-state index in [0.717, 1.165) is 33.4 Å². The minimum Gasteiger partial charge on any atom is -0.448 e. The van der Waals surface area contributed by atoms with Crippen LogP contribution < -0.4 is 0 Å². The highest BCUT2D eigenvalue weighted by Crippen LogP contribution is 2.45. The fourth-order valence-corrected chi connectivity index (χ4v) is 7.82. The molecule has 4 aromatic carbocycles. The SMILES string of the molecule is CC(C)C(CN(Cc1ccccc1)C(=O)[C@H]1C[C@@H](OC(C)(C)C)CN(C(=O)OCC2c3ccccc3-c3ccccc32)C1N=C=O)c1ccccc1. The Morgan fingerprint density at radius 1 is 0.865 bits per heavy atom. The second-order valence-electron chi connectivity index (χ2n) is 15.3. The molecule has 2 unspecified atom stereocenters. The van der Waals surface area contributed by atoms with Crippen molar-refractivity contribution in [1.29, 1.82) is 0 Å². The van der Waals surface area contributed by atoms with Crippen LogP contribution in [0.5, 0.6) is 0 Å². The Kier molecular flexibility index (Phi) is 11.4. The standard InChI is InChI=1S/C44H49N3O5/c1-30(2)39(32-18-10-7-11-19-32)27-46(25-31-16-8-6-9-17-31)42(49)38-24-33(52-44(3,4)5)26-47(41(38)45-29-48)43(50)51-28-40-36-22-14-12-20-34(36)35-21-13-15-23-37(35)40/h6-23,30,33,38-41H,24-28H2,1-5H3/t33-,38+,39?,41?/m1/s1. The first-order chi connectivity index (χ1) is 25.0. The van der Waals surface area contributed by atoms with Crippen molar-refractivity contribution in [3.8, 4) is 11.1 Å². The zero-order valence-corrected chi connectivity index (χ0v) is 30.8. The lowest BCUT2D eigenvalue weighted by molar-refractivity contribution is -0.149. The van der Waals surface area contributed by atoms with Gasteiger partial charge in [-0.3, -0.25) is 9.69 Å². The van der Waals surface area contributed by atoms with Crippen LogP contribution >= 0.6 is 0 Å². The maximum atomic E-state index is 15.0. The van der Waals surface area contributed by atoms with E-state index in [4.69, 9.17) is 9.47 Å². The number of likely N-dealkylation sites (tertiary alicyclic amines) is 1. The van der Waals surface area contributed by atoms with Crippen molar-refractivity contribution in [3.05, 3.63) is 131 Å². The number of hydrogen-bond donors (Lipinski definition) is 0. The van der Waals surface area contributed by atoms with Crippen molar-refractivity contribution in [3.63, 3.8) is 0 Å². The summed E-state index contributed by atoms with van der Waals surface area (Å²) in [5.74, 6) is -0.938. The highest BCUT2D eigenvalue weighted by atomic mass is 16.6. The average Bonchev–Trinajstić information content (AvgIpc) is 3.46. The molecule has 270 valence electrons. The third-order valence-corrected chi connectivity index (χ3v) is 10.2. The minimum absolute atomic E-state index is 0.0466. The van der Waals surface area contributed by atoms with Gasteiger partial charge in [0.25, 0.3) is 0 Å². The van der Waals surface area contributed by atoms with E-state index in [0.29, 0.717) is 13.1 Å². The second kappa shape index (κ2) is 16.1. The number of fused-ring (bicyclic) bond motifs is 3. The van der Waals surface area contributed by atoms with Crippen LogP contribution in [0.1, 0.15) is 75.1 Å². The fraction of sp³-hybridized carbons (Fsp3) is 0.386. The van der Waals surface area contributed by atoms with E-state index in [1.165, 1.54) is 4.90 Å². The first-order valence-corrected chi connectivity index (χ1v) is 18.3. The zero-order chi connectivity index (χ0) is 36.8. The van der Waals surface area contributed by atoms with E-state index in [1.54, 1.807) is 6.08 Å². The van der Waals surface area contributed by atoms with E-state index >= 15 is 4.79 Å². The molecule has 2 aliphatic rings. The molecule has 4 atom stereocenters. The topological polar surface area (TPSA) is 88.5 Å². The number of rotatable bonds is 11. The molecule has 6 rings (SSSR count). The fourth-order valence-electron chi connectivity index (χ4n) is 7.82. The number of benzene rings is 4. The predicted octanol–water partition coefficient (Wildman–Crippen LogP) is 8.57. The molecule has 0 aromatic heterocycles. The number of ether oxygens (including phenoxy) is 2. The van der Waals surface area contributed by atoms with Gasteiger partial charge < -0.3 is 14.4 Å². The summed E-state index contributed by atoms with van der Waals surface area (Å²) >= 11 is 0. The first kappa shape index (κ1) is 36.7. The minimum atomic E-state index is -1.10. The number of carbonyl (C=O) groups excluding carboxylic acids is 3. The van der Waals surface area contributed by atoms with E-state index in [2.05, 4.69) is 55.2 Å². The van der Waals surface area contributed by atoms with Gasteiger partial charge in [-0.25, -0.2) is 9.59 Å². The molecule has 2 amide bonds. The van der Waals surface area contributed by atoms with Gasteiger partial charge in [-0.2, -0.15) is 4.99 Å². The summed E-state index contributed by atoms with van der Waals surface area (Å²) in [6.45, 7) is 11.2. The summed E-state index contributed by atoms with van der Waals surface area (Å²) < 4.78 is 12.6. The van der Waals surface area contributed by atoms with Gasteiger partial charge in [0.15, 0.2) is 6.17 Å². The maximum Gasteiger partial charge on any atom is 0.411 e. The van der Waals surface area contributed by atoms with Crippen molar-refractivity contribution in [2.75, 3.05) is 19.7 Å². The summed E-state index contributed by atoms with van der Waals surface area (Å²) in [6.07, 6.45) is -0.290. The Morgan fingerprint density at radius 3 is 2.02 bits per heavy atom. The largest absolute Gasteiger partial charge is 0.448 e. The van der Waals surface area contributed by atoms with Crippen LogP contribution in [-0.4, -0.2) is 65.4 Å². The zero-order valence-electron chi connectivity index (χ0n) is 30.8. The molecule has 0 N–H and O–H groups in total. The third kappa shape index (κ3) is 8.36. The van der Waals surface area contributed by atoms with Gasteiger partial charge in [0.1, 0.15) is 6.61 Å². The molecular weight excluding hydrogens is 651 g/mol. The number of amides is 2. The van der Waals surface area contributed by atoms with Crippen LogP contribution in [0.15, 0.2) is 114 Å². The molecule has 52 heavy (non-hydrogen) atoms. The third-order valence-electron chi connectivity index (χ3n) is 10.2. The number of nitrogens with zero attached hydrogens (tertiary/aromatic N) is 3. The summed E-state index contributed by atoms with van der Waals surface area (Å²) in [5, 5.41) is 0. The molecule has 1 fully saturated rings. The maximum absolute atomic E-state index is 15.0. The highest BCUT2D eigenvalue weighted by Gasteiger charge is 2.46. The molecule has 0 radical (unpaired) electrons. The highest BCUT2D eigenvalue weighted by molar-refractivity contribution is 5.82. The normalized spacial score (nSPS) is 19.0. The van der Waals surface area contributed by atoms with Gasteiger partial charge in [-0.15, -0.1) is 0 Å². The number of carbonyl (C=O) groups is 2. The van der Waals surface area contributed by atoms with Crippen LogP contribution in [-0.2, 0) is 25.6 Å². The van der Waals surface area contributed by atoms with Gasteiger partial charge in [-0.1, -0.05) is 123 Å². The molecule has 4 aromatic rings. The van der Waals surface area contributed by atoms with Crippen molar-refractivity contribution in [1.82, 2.24) is 9.80 Å². The van der Waals surface area contributed by atoms with Gasteiger partial charge >= 0.3 is 6.09 Å². The molecule has 0 bridgehead atoms. The Labute approximate surface area is 307 Å². The quantitative estimate of drug-likeness (QED) is 0.116. The predicted molar refractivity (Wildman–Crippen MR) is 202 cm³/mol. The molecule has 8 heteroatoms. The van der Waals surface area contributed by atoms with Crippen LogP contribution in [0.2, 0.25) is 0 Å². The van der Waals surface area contributed by atoms with Crippen molar-refractivity contribution in [2.45, 2.75) is 77.3 Å². The van der Waals surface area contributed by atoms with Crippen LogP contribution in [0.3, 0.4) is 0 Å². The Morgan fingerprint density at radius 2 is 1.44 bits per heavy atom. The summed E-state index contributed by atoms with van der Waals surface area (Å²) in [6, 6.07) is 36.4. The van der Waals surface area contributed by atoms with Crippen LogP contribution in [0, 0.1) is 11.8 Å². The molecule has 1 aliphatic carbocycles. The summed E-state index contributed by atoms with van der Waals surface area (Å²) in [4.78, 5) is 48.6. The Bertz CT molecular complexity index is 1840. The molecular formula is C44H49N3O5. The number of isocyanates is 1. The monoisotopic (exact) mass is 699 g/mol. The molecule has 1 aliphatic heterocycles. The molecule has 1 heterocycles. The lowest BCUT2D eigenvalue weighted by Gasteiger charge is -2.44. The lowest BCUT2D eigenvalue weighted by atomic mass is 9.86. The molecule has 0 saturated carbocycles. The summed E-state index contributed by atoms with van der Waals surface area (Å²) in [5.41, 5.74) is 6.00. The van der Waals surface area contributed by atoms with E-state index in [9.17, 15) is 9.59 Å². The average molecular weight is 700 g/mol. The Balaban J connectivity index is 1.31. The molecule has 8 nitrogen and oxygen atoms in total. The lowest BCUT2D eigenvalue weighted by Crippen LogP contribution is -2.58. The van der Waals surface area contributed by atoms with Gasteiger partial charge in [0, 0.05) is 24.9 Å². The Hall–Kier alpha value is -5.04. The van der Waals surface area contributed by atoms with Crippen molar-refractivity contribution in [2.24, 2.45) is 16.8 Å². The van der Waals surface area contributed by atoms with Crippen LogP contribution in [0.25, 0.3) is 11.1 Å². The van der Waals surface area contributed by atoms with E-state index in [-0.39, 0.29) is 43.2 Å². The number of hydrogen-bond acceptors (Lipinski definition) is 6. The second-order valence-corrected chi connectivity index (χ2v) is 15.3. The first-order valence-electron chi connectivity index (χ1n) is 18.3. The summed E-state index contributed by atoms with van der Waals surface area (Å²) in [7, 11) is 0. The van der Waals surface area contributed by atoms with Crippen molar-refractivity contribution < 1.29 is 23.9 Å². The van der Waals surface area contributed by atoms with Gasteiger partial charge in [-0.05, 0) is 66.5 Å². The number of aliphatic imine (C=N–C) groups is 1. The molecule has 1 saturated heterocycles. The number of piperidine rings is 1. The van der Waals surface area contributed by atoms with E-state index < -0.39 is 29.9 Å². The molecule has 0 spiro atoms. The van der Waals surface area contributed by atoms with Gasteiger partial charge in [0.05, 0.1) is 24.2 Å². The van der Waals surface area contributed by atoms with Crippen molar-refractivity contribution >= 4 is 18.1 Å².